The van der Waals surface area contributed by atoms with Gasteiger partial charge < -0.3 is 5.11 Å². The molecular formula is C52H33N3OS2. The van der Waals surface area contributed by atoms with Crippen LogP contribution in [0.15, 0.2) is 164 Å². The largest absolute Gasteiger partial charge is 0.508 e. The molecule has 0 amide bonds. The van der Waals surface area contributed by atoms with Gasteiger partial charge in [0.15, 0.2) is 17.5 Å². The quantitative estimate of drug-likeness (QED) is 0.177. The van der Waals surface area contributed by atoms with E-state index < -0.39 is 0 Å². The molecule has 0 spiro atoms. The van der Waals surface area contributed by atoms with E-state index in [2.05, 4.69) is 146 Å². The second kappa shape index (κ2) is 13.2. The van der Waals surface area contributed by atoms with Crippen LogP contribution in [0.5, 0.6) is 5.75 Å². The Morgan fingerprint density at radius 2 is 1.14 bits per heavy atom. The van der Waals surface area contributed by atoms with Gasteiger partial charge in [0.1, 0.15) is 5.75 Å². The first kappa shape index (κ1) is 33.4. The minimum Gasteiger partial charge on any atom is -0.508 e. The SMILES string of the molecule is Oc1cc(-c2nc(-c3ccc(-c4ccc5c(c4)c4cccc6sc7cccc5c7c64)cc3)nc(-c3cccc4c3sc3ccccc34)n2)ccc1C1C=CC=CCC1. The Kier molecular flexibility index (Phi) is 7.59. The summed E-state index contributed by atoms with van der Waals surface area (Å²) >= 11 is 3.64. The van der Waals surface area contributed by atoms with Crippen LogP contribution in [-0.2, 0) is 0 Å². The number of hydrogen-bond donors (Lipinski definition) is 1. The summed E-state index contributed by atoms with van der Waals surface area (Å²) in [4.78, 5) is 15.4. The molecule has 0 bridgehead atoms. The Balaban J connectivity index is 0.981. The molecule has 1 unspecified atom stereocenters. The van der Waals surface area contributed by atoms with E-state index in [-0.39, 0.29) is 11.7 Å². The van der Waals surface area contributed by atoms with E-state index in [1.54, 1.807) is 11.3 Å². The van der Waals surface area contributed by atoms with Crippen molar-refractivity contribution in [3.63, 3.8) is 0 Å². The number of phenols is 1. The molecule has 1 N–H and O–H groups in total. The highest BCUT2D eigenvalue weighted by atomic mass is 32.1. The van der Waals surface area contributed by atoms with Gasteiger partial charge in [0, 0.05) is 68.5 Å². The molecule has 3 heterocycles. The van der Waals surface area contributed by atoms with Gasteiger partial charge in [-0.1, -0.05) is 127 Å². The first-order valence-electron chi connectivity index (χ1n) is 19.7. The number of rotatable bonds is 5. The molecule has 0 saturated carbocycles. The first-order valence-corrected chi connectivity index (χ1v) is 21.3. The highest BCUT2D eigenvalue weighted by molar-refractivity contribution is 7.26. The van der Waals surface area contributed by atoms with E-state index in [9.17, 15) is 5.11 Å². The molecule has 1 aliphatic carbocycles. The summed E-state index contributed by atoms with van der Waals surface area (Å²) < 4.78 is 5.04. The lowest BCUT2D eigenvalue weighted by Crippen LogP contribution is -2.01. The van der Waals surface area contributed by atoms with Crippen LogP contribution in [0.4, 0.5) is 0 Å². The van der Waals surface area contributed by atoms with E-state index in [0.29, 0.717) is 17.5 Å². The molecule has 8 aromatic carbocycles. The van der Waals surface area contributed by atoms with Crippen LogP contribution in [0, 0.1) is 0 Å². The second-order valence-corrected chi connectivity index (χ2v) is 17.3. The van der Waals surface area contributed by atoms with Gasteiger partial charge in [-0.3, -0.25) is 0 Å². The number of nitrogens with zero attached hydrogens (tertiary/aromatic N) is 3. The van der Waals surface area contributed by atoms with Gasteiger partial charge in [-0.2, -0.15) is 0 Å². The van der Waals surface area contributed by atoms with Crippen LogP contribution in [0.1, 0.15) is 24.3 Å². The number of benzene rings is 8. The highest BCUT2D eigenvalue weighted by Crippen LogP contribution is 2.46. The van der Waals surface area contributed by atoms with Crippen LogP contribution in [-0.4, -0.2) is 20.1 Å². The fourth-order valence-corrected chi connectivity index (χ4v) is 11.4. The summed E-state index contributed by atoms with van der Waals surface area (Å²) in [6, 6.07) is 49.6. The molecule has 12 rings (SSSR count). The van der Waals surface area contributed by atoms with Crippen molar-refractivity contribution in [2.75, 3.05) is 0 Å². The number of aromatic nitrogens is 3. The maximum Gasteiger partial charge on any atom is 0.165 e. The third kappa shape index (κ3) is 5.29. The Morgan fingerprint density at radius 1 is 0.483 bits per heavy atom. The van der Waals surface area contributed by atoms with E-state index >= 15 is 0 Å². The molecule has 4 nitrogen and oxygen atoms in total. The molecule has 0 aliphatic heterocycles. The van der Waals surface area contributed by atoms with Gasteiger partial charge in [-0.25, -0.2) is 15.0 Å². The zero-order valence-electron chi connectivity index (χ0n) is 31.2. The summed E-state index contributed by atoms with van der Waals surface area (Å²) in [7, 11) is 0. The normalized spacial score (nSPS) is 14.5. The molecule has 1 atom stereocenters. The first-order chi connectivity index (χ1) is 28.6. The Hall–Kier alpha value is -6.73. The molecule has 6 heteroatoms. The second-order valence-electron chi connectivity index (χ2n) is 15.2. The number of fused-ring (bicyclic) bond motifs is 6. The maximum absolute atomic E-state index is 11.4. The fraction of sp³-hybridized carbons (Fsp3) is 0.0577. The van der Waals surface area contributed by atoms with Crippen molar-refractivity contribution in [2.24, 2.45) is 0 Å². The summed E-state index contributed by atoms with van der Waals surface area (Å²) in [5, 5.41) is 21.7. The van der Waals surface area contributed by atoms with Crippen molar-refractivity contribution in [1.82, 2.24) is 15.0 Å². The molecule has 274 valence electrons. The van der Waals surface area contributed by atoms with Crippen LogP contribution in [0.2, 0.25) is 0 Å². The van der Waals surface area contributed by atoms with Crippen LogP contribution in [0.25, 0.3) is 107 Å². The Labute approximate surface area is 342 Å². The third-order valence-electron chi connectivity index (χ3n) is 11.8. The highest BCUT2D eigenvalue weighted by Gasteiger charge is 2.20. The molecule has 0 fully saturated rings. The van der Waals surface area contributed by atoms with Gasteiger partial charge in [-0.05, 0) is 81.9 Å². The average Bonchev–Trinajstić information content (AvgIpc) is 3.73. The lowest BCUT2D eigenvalue weighted by molar-refractivity contribution is 0.464. The van der Waals surface area contributed by atoms with Gasteiger partial charge in [0.25, 0.3) is 0 Å². The van der Waals surface area contributed by atoms with Gasteiger partial charge in [0.2, 0.25) is 0 Å². The van der Waals surface area contributed by atoms with E-state index in [1.165, 1.54) is 57.2 Å². The van der Waals surface area contributed by atoms with E-state index in [1.807, 2.05) is 29.5 Å². The molecule has 11 aromatic rings. The lowest BCUT2D eigenvalue weighted by Gasteiger charge is -2.15. The van der Waals surface area contributed by atoms with Crippen molar-refractivity contribution in [3.05, 3.63) is 169 Å². The summed E-state index contributed by atoms with van der Waals surface area (Å²) in [6.07, 6.45) is 10.4. The van der Waals surface area contributed by atoms with Gasteiger partial charge >= 0.3 is 0 Å². The van der Waals surface area contributed by atoms with Crippen LogP contribution >= 0.6 is 22.7 Å². The minimum atomic E-state index is 0.142. The van der Waals surface area contributed by atoms with Crippen molar-refractivity contribution < 1.29 is 5.11 Å². The zero-order valence-corrected chi connectivity index (χ0v) is 32.8. The predicted molar refractivity (Wildman–Crippen MR) is 245 cm³/mol. The fourth-order valence-electron chi connectivity index (χ4n) is 8.99. The Bertz CT molecular complexity index is 3480. The smallest absolute Gasteiger partial charge is 0.165 e. The number of allylic oxidation sites excluding steroid dienone is 4. The summed E-state index contributed by atoms with van der Waals surface area (Å²) in [6.45, 7) is 0. The van der Waals surface area contributed by atoms with E-state index in [4.69, 9.17) is 15.0 Å². The Morgan fingerprint density at radius 3 is 1.97 bits per heavy atom. The lowest BCUT2D eigenvalue weighted by atomic mass is 9.92. The maximum atomic E-state index is 11.4. The number of thiophene rings is 2. The number of phenolic OH excluding ortho intramolecular Hbond substituents is 1. The molecule has 58 heavy (non-hydrogen) atoms. The summed E-state index contributed by atoms with van der Waals surface area (Å²) in [5.41, 5.74) is 5.81. The molecular weight excluding hydrogens is 747 g/mol. The van der Waals surface area contributed by atoms with Gasteiger partial charge in [-0.15, -0.1) is 22.7 Å². The van der Waals surface area contributed by atoms with Crippen molar-refractivity contribution in [1.29, 1.82) is 0 Å². The van der Waals surface area contributed by atoms with Gasteiger partial charge in [0.05, 0.1) is 0 Å². The standard InChI is InChI=1S/C52H33N3OS2/c56-43-29-34(25-26-35(43)31-10-3-1-2-4-11-31)51-53-50(54-52(55-51)41-16-7-15-40-37-12-5-6-17-44(37)58-49(40)41)32-22-20-30(21-23-32)33-24-27-36-38-13-8-18-45-47(38)48-39(42(36)28-33)14-9-19-46(48)57-45/h1-3,5-10,12-29,31,56H,4,11H2. The zero-order chi connectivity index (χ0) is 38.3. The van der Waals surface area contributed by atoms with Crippen molar-refractivity contribution >= 4 is 84.6 Å². The average molecular weight is 780 g/mol. The van der Waals surface area contributed by atoms with Crippen LogP contribution < -0.4 is 0 Å². The molecule has 3 aromatic heterocycles. The van der Waals surface area contributed by atoms with Crippen molar-refractivity contribution in [2.45, 2.75) is 18.8 Å². The third-order valence-corrected chi connectivity index (χ3v) is 14.1. The van der Waals surface area contributed by atoms with E-state index in [0.717, 1.165) is 50.9 Å². The molecule has 0 saturated heterocycles. The monoisotopic (exact) mass is 779 g/mol. The number of aromatic hydroxyl groups is 1. The predicted octanol–water partition coefficient (Wildman–Crippen LogP) is 14.7. The number of hydrogen-bond acceptors (Lipinski definition) is 6. The summed E-state index contributed by atoms with van der Waals surface area (Å²) in [5.74, 6) is 2.11. The molecule has 0 radical (unpaired) electrons. The topological polar surface area (TPSA) is 58.9 Å². The minimum absolute atomic E-state index is 0.142. The van der Waals surface area contributed by atoms with Crippen molar-refractivity contribution in [3.8, 4) is 51.0 Å². The van der Waals surface area contributed by atoms with Crippen LogP contribution in [0.3, 0.4) is 0 Å². The molecule has 1 aliphatic rings.